The zero-order chi connectivity index (χ0) is 22.5. The second-order valence-electron chi connectivity index (χ2n) is 7.70. The van der Waals surface area contributed by atoms with Gasteiger partial charge in [-0.25, -0.2) is 0 Å². The van der Waals surface area contributed by atoms with Crippen molar-refractivity contribution < 1.29 is 14.3 Å². The lowest BCUT2D eigenvalue weighted by Gasteiger charge is -2.13. The highest BCUT2D eigenvalue weighted by molar-refractivity contribution is 5.96. The molecule has 2 aromatic carbocycles. The summed E-state index contributed by atoms with van der Waals surface area (Å²) >= 11 is 0. The molecular formula is C25H35N3O3. The molecule has 0 spiro atoms. The molecule has 0 aromatic heterocycles. The van der Waals surface area contributed by atoms with Gasteiger partial charge in [0.15, 0.2) is 0 Å². The number of hydrogen-bond donors (Lipinski definition) is 3. The van der Waals surface area contributed by atoms with E-state index in [2.05, 4.69) is 22.9 Å². The van der Waals surface area contributed by atoms with Crippen LogP contribution in [0.15, 0.2) is 48.5 Å². The molecule has 6 nitrogen and oxygen atoms in total. The topological polar surface area (TPSA) is 79.5 Å². The van der Waals surface area contributed by atoms with Crippen molar-refractivity contribution in [2.75, 3.05) is 23.8 Å². The zero-order valence-corrected chi connectivity index (χ0v) is 18.9. The van der Waals surface area contributed by atoms with Crippen LogP contribution >= 0.6 is 0 Å². The third-order valence-electron chi connectivity index (χ3n) is 4.97. The van der Waals surface area contributed by atoms with Gasteiger partial charge < -0.3 is 20.7 Å². The van der Waals surface area contributed by atoms with E-state index in [1.807, 2.05) is 44.2 Å². The molecule has 0 aliphatic rings. The van der Waals surface area contributed by atoms with Crippen LogP contribution in [0, 0.1) is 0 Å². The van der Waals surface area contributed by atoms with Crippen LogP contribution in [0.2, 0.25) is 0 Å². The van der Waals surface area contributed by atoms with Crippen molar-refractivity contribution in [1.29, 1.82) is 0 Å². The maximum absolute atomic E-state index is 12.3. The van der Waals surface area contributed by atoms with Crippen molar-refractivity contribution >= 4 is 23.2 Å². The van der Waals surface area contributed by atoms with Crippen LogP contribution in [0.25, 0.3) is 0 Å². The Morgan fingerprint density at radius 1 is 0.968 bits per heavy atom. The van der Waals surface area contributed by atoms with E-state index in [4.69, 9.17) is 4.74 Å². The van der Waals surface area contributed by atoms with Crippen molar-refractivity contribution in [3.05, 3.63) is 54.1 Å². The molecule has 0 saturated carbocycles. The lowest BCUT2D eigenvalue weighted by Crippen LogP contribution is -2.31. The molecule has 6 heteroatoms. The van der Waals surface area contributed by atoms with Crippen molar-refractivity contribution in [3.63, 3.8) is 0 Å². The van der Waals surface area contributed by atoms with E-state index in [0.29, 0.717) is 17.9 Å². The molecule has 2 amide bonds. The van der Waals surface area contributed by atoms with Gasteiger partial charge >= 0.3 is 0 Å². The highest BCUT2D eigenvalue weighted by Crippen LogP contribution is 2.16. The lowest BCUT2D eigenvalue weighted by atomic mass is 10.1. The van der Waals surface area contributed by atoms with E-state index < -0.39 is 0 Å². The van der Waals surface area contributed by atoms with Crippen molar-refractivity contribution in [2.24, 2.45) is 0 Å². The second kappa shape index (κ2) is 13.3. The molecule has 0 radical (unpaired) electrons. The lowest BCUT2D eigenvalue weighted by molar-refractivity contribution is -0.114. The Morgan fingerprint density at radius 3 is 2.45 bits per heavy atom. The van der Waals surface area contributed by atoms with Gasteiger partial charge in [0.05, 0.1) is 13.2 Å². The van der Waals surface area contributed by atoms with E-state index in [-0.39, 0.29) is 24.4 Å². The van der Waals surface area contributed by atoms with E-state index in [1.165, 1.54) is 19.3 Å². The number of unbranched alkanes of at least 4 members (excludes halogenated alkanes) is 3. The molecule has 0 heterocycles. The molecular weight excluding hydrogens is 390 g/mol. The molecule has 2 aromatic rings. The first-order valence-electron chi connectivity index (χ1n) is 11.2. The Hall–Kier alpha value is -3.02. The molecule has 3 N–H and O–H groups in total. The molecule has 1 atom stereocenters. The largest absolute Gasteiger partial charge is 0.494 e. The number of anilines is 2. The number of amides is 2. The van der Waals surface area contributed by atoms with Gasteiger partial charge in [0, 0.05) is 23.0 Å². The van der Waals surface area contributed by atoms with Crippen molar-refractivity contribution in [3.8, 4) is 5.75 Å². The van der Waals surface area contributed by atoms with Gasteiger partial charge in [-0.2, -0.15) is 0 Å². The summed E-state index contributed by atoms with van der Waals surface area (Å²) < 4.78 is 5.72. The smallest absolute Gasteiger partial charge is 0.251 e. The van der Waals surface area contributed by atoms with E-state index in [1.54, 1.807) is 18.2 Å². The quantitative estimate of drug-likeness (QED) is 0.384. The molecule has 2 rings (SSSR count). The van der Waals surface area contributed by atoms with Crippen LogP contribution < -0.4 is 20.7 Å². The summed E-state index contributed by atoms with van der Waals surface area (Å²) in [7, 11) is 0. The number of benzene rings is 2. The van der Waals surface area contributed by atoms with Crippen LogP contribution in [0.5, 0.6) is 5.75 Å². The van der Waals surface area contributed by atoms with Gasteiger partial charge in [0.2, 0.25) is 5.91 Å². The third-order valence-corrected chi connectivity index (χ3v) is 4.97. The van der Waals surface area contributed by atoms with Crippen molar-refractivity contribution in [2.45, 2.75) is 58.9 Å². The fourth-order valence-electron chi connectivity index (χ4n) is 2.92. The number of carbonyl (C=O) groups is 2. The van der Waals surface area contributed by atoms with Crippen LogP contribution in [0.3, 0.4) is 0 Å². The minimum Gasteiger partial charge on any atom is -0.494 e. The predicted molar refractivity (Wildman–Crippen MR) is 127 cm³/mol. The van der Waals surface area contributed by atoms with Gasteiger partial charge in [-0.05, 0) is 62.2 Å². The van der Waals surface area contributed by atoms with E-state index >= 15 is 0 Å². The van der Waals surface area contributed by atoms with Crippen molar-refractivity contribution in [1.82, 2.24) is 5.32 Å². The Kier molecular flexibility index (Phi) is 10.4. The Balaban J connectivity index is 1.77. The van der Waals surface area contributed by atoms with Gasteiger partial charge in [-0.15, -0.1) is 0 Å². The molecule has 168 valence electrons. The van der Waals surface area contributed by atoms with Gasteiger partial charge in [-0.3, -0.25) is 9.59 Å². The summed E-state index contributed by atoms with van der Waals surface area (Å²) in [6.07, 6.45) is 5.55. The third kappa shape index (κ3) is 9.11. The fourth-order valence-corrected chi connectivity index (χ4v) is 2.92. The summed E-state index contributed by atoms with van der Waals surface area (Å²) in [5, 5.41) is 8.87. The summed E-state index contributed by atoms with van der Waals surface area (Å²) in [5.41, 5.74) is 2.00. The maximum atomic E-state index is 12.3. The van der Waals surface area contributed by atoms with Gasteiger partial charge in [0.25, 0.3) is 5.91 Å². The molecule has 0 saturated heterocycles. The molecule has 0 aliphatic carbocycles. The first-order chi connectivity index (χ1) is 15.0. The first kappa shape index (κ1) is 24.3. The summed E-state index contributed by atoms with van der Waals surface area (Å²) in [4.78, 5) is 24.5. The average Bonchev–Trinajstić information content (AvgIpc) is 2.78. The minimum absolute atomic E-state index is 0.103. The SMILES string of the molecule is CCCCCCOc1ccc(NC(=O)CNc2cccc(C(=O)NC(C)CC)c2)cc1. The van der Waals surface area contributed by atoms with Crippen LogP contribution in [-0.4, -0.2) is 31.0 Å². The molecule has 31 heavy (non-hydrogen) atoms. The average molecular weight is 426 g/mol. The van der Waals surface area contributed by atoms with Gasteiger partial charge in [0.1, 0.15) is 5.75 Å². The monoisotopic (exact) mass is 425 g/mol. The second-order valence-corrected chi connectivity index (χ2v) is 7.70. The highest BCUT2D eigenvalue weighted by Gasteiger charge is 2.09. The Morgan fingerprint density at radius 2 is 1.74 bits per heavy atom. The van der Waals surface area contributed by atoms with Crippen LogP contribution in [0.1, 0.15) is 63.2 Å². The number of rotatable bonds is 13. The highest BCUT2D eigenvalue weighted by atomic mass is 16.5. The number of ether oxygens (including phenoxy) is 1. The maximum Gasteiger partial charge on any atom is 0.251 e. The predicted octanol–water partition coefficient (Wildman–Crippen LogP) is 5.22. The number of hydrogen-bond acceptors (Lipinski definition) is 4. The molecule has 1 unspecified atom stereocenters. The van der Waals surface area contributed by atoms with Crippen LogP contribution in [0.4, 0.5) is 11.4 Å². The Labute approximate surface area is 185 Å². The normalized spacial score (nSPS) is 11.5. The number of carbonyl (C=O) groups excluding carboxylic acids is 2. The Bertz CT molecular complexity index is 821. The summed E-state index contributed by atoms with van der Waals surface area (Å²) in [5.74, 6) is 0.526. The van der Waals surface area contributed by atoms with Crippen LogP contribution in [-0.2, 0) is 4.79 Å². The van der Waals surface area contributed by atoms with E-state index in [0.717, 1.165) is 24.3 Å². The zero-order valence-electron chi connectivity index (χ0n) is 18.9. The molecule has 0 aliphatic heterocycles. The number of nitrogens with one attached hydrogen (secondary N) is 3. The molecule has 0 bridgehead atoms. The minimum atomic E-state index is -0.164. The summed E-state index contributed by atoms with van der Waals surface area (Å²) in [6, 6.07) is 14.6. The molecule has 0 fully saturated rings. The first-order valence-corrected chi connectivity index (χ1v) is 11.2. The standard InChI is InChI=1S/C25H35N3O3/c1-4-6-7-8-16-31-23-14-12-21(13-15-23)28-24(29)18-26-22-11-9-10-20(17-22)25(30)27-19(3)5-2/h9-15,17,19,26H,4-8,16,18H2,1-3H3,(H,27,30)(H,28,29). The summed E-state index contributed by atoms with van der Waals surface area (Å²) in [6.45, 7) is 7.00. The van der Waals surface area contributed by atoms with Gasteiger partial charge in [-0.1, -0.05) is 39.2 Å². The fraction of sp³-hybridized carbons (Fsp3) is 0.440. The van der Waals surface area contributed by atoms with E-state index in [9.17, 15) is 9.59 Å².